The molecule has 1 rings (SSSR count). The first kappa shape index (κ1) is 13.3. The van der Waals surface area contributed by atoms with Crippen molar-refractivity contribution in [2.45, 2.75) is 6.10 Å². The summed E-state index contributed by atoms with van der Waals surface area (Å²) < 4.78 is 4.84. The first-order valence-corrected chi connectivity index (χ1v) is 5.04. The standard InChI is InChI=1S/C10H11ClN2O4/c11-8-3-1-7(2-4-8)9(17-10(12)15)5-16-13-6-14/h1-4,6,9H,5H2,(H2,12,15)(H,13,14)/t9-/m1/s1. The minimum Gasteiger partial charge on any atom is -0.439 e. The van der Waals surface area contributed by atoms with Crippen LogP contribution in [0.4, 0.5) is 4.79 Å². The van der Waals surface area contributed by atoms with Gasteiger partial charge in [0.25, 0.3) is 0 Å². The van der Waals surface area contributed by atoms with E-state index in [1.807, 2.05) is 5.48 Å². The molecule has 0 saturated carbocycles. The molecule has 0 spiro atoms. The van der Waals surface area contributed by atoms with Crippen LogP contribution in [0.3, 0.4) is 0 Å². The van der Waals surface area contributed by atoms with Crippen molar-refractivity contribution in [2.75, 3.05) is 6.61 Å². The van der Waals surface area contributed by atoms with Crippen LogP contribution in [0.5, 0.6) is 0 Å². The first-order chi connectivity index (χ1) is 8.13. The maximum atomic E-state index is 10.7. The summed E-state index contributed by atoms with van der Waals surface area (Å²) in [5.41, 5.74) is 7.58. The van der Waals surface area contributed by atoms with Gasteiger partial charge in [-0.05, 0) is 17.7 Å². The number of amides is 2. The minimum absolute atomic E-state index is 0.0523. The molecule has 17 heavy (non-hydrogen) atoms. The minimum atomic E-state index is -0.931. The van der Waals surface area contributed by atoms with Crippen molar-refractivity contribution < 1.29 is 19.2 Å². The van der Waals surface area contributed by atoms with Gasteiger partial charge in [0.1, 0.15) is 6.61 Å². The third-order valence-electron chi connectivity index (χ3n) is 1.87. The van der Waals surface area contributed by atoms with Crippen molar-refractivity contribution in [3.05, 3.63) is 34.9 Å². The van der Waals surface area contributed by atoms with E-state index in [2.05, 4.69) is 0 Å². The van der Waals surface area contributed by atoms with E-state index in [4.69, 9.17) is 26.9 Å². The lowest BCUT2D eigenvalue weighted by Gasteiger charge is -2.16. The molecule has 0 aromatic heterocycles. The van der Waals surface area contributed by atoms with E-state index < -0.39 is 12.2 Å². The zero-order valence-electron chi connectivity index (χ0n) is 8.76. The number of hydrogen-bond acceptors (Lipinski definition) is 4. The second kappa shape index (κ2) is 6.72. The normalized spacial score (nSPS) is 11.6. The Kier molecular flexibility index (Phi) is 5.25. The van der Waals surface area contributed by atoms with Gasteiger partial charge in [-0.3, -0.25) is 9.63 Å². The molecule has 0 aliphatic carbocycles. The van der Waals surface area contributed by atoms with Crippen LogP contribution >= 0.6 is 11.6 Å². The van der Waals surface area contributed by atoms with Gasteiger partial charge < -0.3 is 10.5 Å². The Bertz CT molecular complexity index is 382. The fourth-order valence-electron chi connectivity index (χ4n) is 1.17. The number of carbonyl (C=O) groups excluding carboxylic acids is 2. The number of primary amides is 1. The molecule has 0 bridgehead atoms. The SMILES string of the molecule is NC(=O)O[C@H](CONC=O)c1ccc(Cl)cc1. The predicted octanol–water partition coefficient (Wildman–Crippen LogP) is 1.15. The van der Waals surface area contributed by atoms with Crippen LogP contribution in [0, 0.1) is 0 Å². The Morgan fingerprint density at radius 3 is 2.65 bits per heavy atom. The molecular weight excluding hydrogens is 248 g/mol. The number of hydroxylamine groups is 1. The van der Waals surface area contributed by atoms with Gasteiger partial charge in [-0.25, -0.2) is 10.3 Å². The van der Waals surface area contributed by atoms with Crippen LogP contribution in [0.15, 0.2) is 24.3 Å². The number of ether oxygens (including phenoxy) is 1. The van der Waals surface area contributed by atoms with Gasteiger partial charge in [0.15, 0.2) is 6.10 Å². The van der Waals surface area contributed by atoms with E-state index in [1.165, 1.54) is 0 Å². The third kappa shape index (κ3) is 4.71. The lowest BCUT2D eigenvalue weighted by molar-refractivity contribution is -0.123. The molecule has 3 N–H and O–H groups in total. The molecule has 2 amide bonds. The number of hydrogen-bond donors (Lipinski definition) is 2. The average Bonchev–Trinajstić information content (AvgIpc) is 2.28. The van der Waals surface area contributed by atoms with Gasteiger partial charge in [-0.15, -0.1) is 0 Å². The lowest BCUT2D eigenvalue weighted by Crippen LogP contribution is -2.24. The highest BCUT2D eigenvalue weighted by molar-refractivity contribution is 6.30. The van der Waals surface area contributed by atoms with E-state index in [0.29, 0.717) is 17.0 Å². The fraction of sp³-hybridized carbons (Fsp3) is 0.200. The van der Waals surface area contributed by atoms with Crippen LogP contribution in [0.2, 0.25) is 5.02 Å². The Labute approximate surface area is 103 Å². The van der Waals surface area contributed by atoms with Crippen molar-refractivity contribution in [1.29, 1.82) is 0 Å². The molecule has 6 nitrogen and oxygen atoms in total. The fourth-order valence-corrected chi connectivity index (χ4v) is 1.30. The Hall–Kier alpha value is -1.79. The number of benzene rings is 1. The lowest BCUT2D eigenvalue weighted by atomic mass is 10.1. The smallest absolute Gasteiger partial charge is 0.405 e. The van der Waals surface area contributed by atoms with Crippen molar-refractivity contribution in [3.63, 3.8) is 0 Å². The molecule has 0 unspecified atom stereocenters. The summed E-state index contributed by atoms with van der Waals surface area (Å²) in [5, 5.41) is 0.554. The highest BCUT2D eigenvalue weighted by Gasteiger charge is 2.15. The van der Waals surface area contributed by atoms with Gasteiger partial charge in [-0.1, -0.05) is 23.7 Å². The molecule has 0 saturated heterocycles. The number of halogens is 1. The van der Waals surface area contributed by atoms with Crippen LogP contribution in [-0.2, 0) is 14.4 Å². The van der Waals surface area contributed by atoms with Crippen LogP contribution in [0.25, 0.3) is 0 Å². The zero-order valence-corrected chi connectivity index (χ0v) is 9.52. The molecule has 1 atom stereocenters. The molecule has 7 heteroatoms. The summed E-state index contributed by atoms with van der Waals surface area (Å²) in [6.07, 6.45) is -1.28. The number of rotatable bonds is 6. The van der Waals surface area contributed by atoms with E-state index in [1.54, 1.807) is 24.3 Å². The highest BCUT2D eigenvalue weighted by Crippen LogP contribution is 2.19. The van der Waals surface area contributed by atoms with Crippen LogP contribution in [-0.4, -0.2) is 19.1 Å². The van der Waals surface area contributed by atoms with Gasteiger partial charge in [0.2, 0.25) is 6.41 Å². The van der Waals surface area contributed by atoms with E-state index >= 15 is 0 Å². The van der Waals surface area contributed by atoms with Crippen molar-refractivity contribution >= 4 is 24.1 Å². The van der Waals surface area contributed by atoms with Gasteiger partial charge in [0, 0.05) is 5.02 Å². The highest BCUT2D eigenvalue weighted by atomic mass is 35.5. The molecule has 0 aliphatic heterocycles. The van der Waals surface area contributed by atoms with Crippen LogP contribution in [0.1, 0.15) is 11.7 Å². The molecule has 0 radical (unpaired) electrons. The number of nitrogens with two attached hydrogens (primary N) is 1. The molecule has 92 valence electrons. The van der Waals surface area contributed by atoms with Gasteiger partial charge in [-0.2, -0.15) is 0 Å². The van der Waals surface area contributed by atoms with Gasteiger partial charge >= 0.3 is 6.09 Å². The van der Waals surface area contributed by atoms with Crippen molar-refractivity contribution in [1.82, 2.24) is 5.48 Å². The number of carbonyl (C=O) groups is 2. The topological polar surface area (TPSA) is 90.7 Å². The van der Waals surface area contributed by atoms with E-state index in [-0.39, 0.29) is 6.61 Å². The Morgan fingerprint density at radius 1 is 1.47 bits per heavy atom. The van der Waals surface area contributed by atoms with Gasteiger partial charge in [0.05, 0.1) is 0 Å². The summed E-state index contributed by atoms with van der Waals surface area (Å²) in [5.74, 6) is 0. The largest absolute Gasteiger partial charge is 0.439 e. The second-order valence-corrected chi connectivity index (χ2v) is 3.46. The molecule has 1 aromatic rings. The maximum absolute atomic E-state index is 10.7. The average molecular weight is 259 g/mol. The molecule has 0 heterocycles. The molecular formula is C10H11ClN2O4. The van der Waals surface area contributed by atoms with Crippen molar-refractivity contribution in [2.24, 2.45) is 5.73 Å². The number of nitrogens with one attached hydrogen (secondary N) is 1. The summed E-state index contributed by atoms with van der Waals surface area (Å²) in [4.78, 5) is 25.5. The monoisotopic (exact) mass is 258 g/mol. The summed E-state index contributed by atoms with van der Waals surface area (Å²) in [7, 11) is 0. The predicted molar refractivity (Wildman–Crippen MR) is 60.0 cm³/mol. The summed E-state index contributed by atoms with van der Waals surface area (Å²) in [6.45, 7) is -0.0523. The maximum Gasteiger partial charge on any atom is 0.405 e. The van der Waals surface area contributed by atoms with Crippen molar-refractivity contribution in [3.8, 4) is 0 Å². The zero-order chi connectivity index (χ0) is 12.7. The van der Waals surface area contributed by atoms with Crippen LogP contribution < -0.4 is 11.2 Å². The first-order valence-electron chi connectivity index (χ1n) is 4.66. The Morgan fingerprint density at radius 2 is 2.12 bits per heavy atom. The quantitative estimate of drug-likeness (QED) is 0.455. The van der Waals surface area contributed by atoms with E-state index in [0.717, 1.165) is 0 Å². The third-order valence-corrected chi connectivity index (χ3v) is 2.12. The Balaban J connectivity index is 2.70. The summed E-state index contributed by atoms with van der Waals surface area (Å²) >= 11 is 5.73. The molecule has 0 fully saturated rings. The second-order valence-electron chi connectivity index (χ2n) is 3.02. The molecule has 0 aliphatic rings. The molecule has 1 aromatic carbocycles. The van der Waals surface area contributed by atoms with E-state index in [9.17, 15) is 9.59 Å². The summed E-state index contributed by atoms with van der Waals surface area (Å²) in [6, 6.07) is 6.61.